The van der Waals surface area contributed by atoms with Gasteiger partial charge in [-0.15, -0.1) is 0 Å². The third-order valence-electron chi connectivity index (χ3n) is 3.84. The number of benzene rings is 2. The van der Waals surface area contributed by atoms with Gasteiger partial charge < -0.3 is 9.67 Å². The Balaban J connectivity index is 2.24. The summed E-state index contributed by atoms with van der Waals surface area (Å²) in [5, 5.41) is 9.93. The lowest BCUT2D eigenvalue weighted by Crippen LogP contribution is -2.27. The van der Waals surface area contributed by atoms with Crippen LogP contribution in [0.4, 0.5) is 4.39 Å². The second-order valence-corrected chi connectivity index (χ2v) is 7.00. The van der Waals surface area contributed by atoms with Crippen LogP contribution in [0, 0.1) is 5.82 Å². The normalized spacial score (nSPS) is 13.1. The molecular weight excluding hydrogens is 379 g/mol. The topological polar surface area (TPSA) is 71.7 Å². The van der Waals surface area contributed by atoms with Crippen molar-refractivity contribution in [2.75, 3.05) is 0 Å². The number of amides is 1. The molecule has 0 aliphatic carbocycles. The molecule has 134 valence electrons. The zero-order valence-corrected chi connectivity index (χ0v) is 15.2. The molecule has 0 bridgehead atoms. The van der Waals surface area contributed by atoms with Crippen molar-refractivity contribution in [1.82, 2.24) is 4.57 Å². The van der Waals surface area contributed by atoms with Gasteiger partial charge in [-0.2, -0.15) is 4.99 Å². The first-order valence-electron chi connectivity index (χ1n) is 7.78. The van der Waals surface area contributed by atoms with Crippen LogP contribution in [0.15, 0.2) is 47.5 Å². The van der Waals surface area contributed by atoms with Crippen LogP contribution in [0.1, 0.15) is 29.7 Å². The van der Waals surface area contributed by atoms with Crippen LogP contribution in [0.3, 0.4) is 0 Å². The van der Waals surface area contributed by atoms with Gasteiger partial charge in [0.2, 0.25) is 0 Å². The minimum atomic E-state index is -1.08. The van der Waals surface area contributed by atoms with Gasteiger partial charge in [0.05, 0.1) is 10.2 Å². The molecule has 1 amide bonds. The van der Waals surface area contributed by atoms with E-state index in [1.54, 1.807) is 31.2 Å². The number of halogens is 2. The molecule has 1 heterocycles. The lowest BCUT2D eigenvalue weighted by Gasteiger charge is -2.13. The molecule has 1 unspecified atom stereocenters. The average molecular weight is 393 g/mol. The molecule has 0 saturated carbocycles. The molecule has 1 atom stereocenters. The number of carboxylic acids is 1. The smallest absolute Gasteiger partial charge is 0.326 e. The van der Waals surface area contributed by atoms with Gasteiger partial charge in [0.25, 0.3) is 5.91 Å². The van der Waals surface area contributed by atoms with E-state index < -0.39 is 23.7 Å². The Hall–Kier alpha value is -2.51. The third kappa shape index (κ3) is 3.54. The van der Waals surface area contributed by atoms with Crippen molar-refractivity contribution in [3.05, 3.63) is 63.7 Å². The molecule has 0 spiro atoms. The fraction of sp³-hybridized carbons (Fsp3) is 0.167. The number of hydrogen-bond donors (Lipinski definition) is 1. The van der Waals surface area contributed by atoms with Gasteiger partial charge in [-0.3, -0.25) is 4.79 Å². The first-order chi connectivity index (χ1) is 12.4. The molecule has 0 aliphatic rings. The van der Waals surface area contributed by atoms with E-state index in [2.05, 4.69) is 4.99 Å². The summed E-state index contributed by atoms with van der Waals surface area (Å²) in [6, 6.07) is 9.44. The number of carbonyl (C=O) groups is 2. The second kappa shape index (κ2) is 7.39. The first-order valence-corrected chi connectivity index (χ1v) is 8.98. The van der Waals surface area contributed by atoms with Crippen molar-refractivity contribution in [2.45, 2.75) is 19.4 Å². The summed E-state index contributed by atoms with van der Waals surface area (Å²) in [6.07, 6.45) is 0.260. The maximum atomic E-state index is 13.7. The van der Waals surface area contributed by atoms with Gasteiger partial charge in [-0.1, -0.05) is 35.9 Å². The van der Waals surface area contributed by atoms with E-state index in [1.165, 1.54) is 22.8 Å². The number of thiazole rings is 1. The van der Waals surface area contributed by atoms with Crippen molar-refractivity contribution in [3.8, 4) is 0 Å². The van der Waals surface area contributed by atoms with Gasteiger partial charge in [0.15, 0.2) is 4.80 Å². The maximum absolute atomic E-state index is 13.7. The van der Waals surface area contributed by atoms with Crippen LogP contribution >= 0.6 is 22.9 Å². The summed E-state index contributed by atoms with van der Waals surface area (Å²) in [5.41, 5.74) is 0.679. The summed E-state index contributed by atoms with van der Waals surface area (Å²) in [5.74, 6) is -2.11. The Morgan fingerprint density at radius 1 is 1.31 bits per heavy atom. The Labute approximate surface area is 157 Å². The Kier molecular flexibility index (Phi) is 5.20. The Morgan fingerprint density at radius 2 is 2.08 bits per heavy atom. The van der Waals surface area contributed by atoms with Gasteiger partial charge in [0, 0.05) is 10.6 Å². The summed E-state index contributed by atoms with van der Waals surface area (Å²) >= 11 is 7.04. The van der Waals surface area contributed by atoms with Gasteiger partial charge in [-0.05, 0) is 42.8 Å². The molecule has 1 aromatic heterocycles. The molecule has 1 N–H and O–H groups in total. The van der Waals surface area contributed by atoms with Crippen molar-refractivity contribution < 1.29 is 19.1 Å². The van der Waals surface area contributed by atoms with E-state index in [0.29, 0.717) is 15.2 Å². The molecule has 3 aromatic rings. The lowest BCUT2D eigenvalue weighted by molar-refractivity contribution is -0.140. The fourth-order valence-corrected chi connectivity index (χ4v) is 3.87. The van der Waals surface area contributed by atoms with Crippen LogP contribution in [0.2, 0.25) is 5.02 Å². The predicted octanol–water partition coefficient (Wildman–Crippen LogP) is 4.27. The van der Waals surface area contributed by atoms with Crippen molar-refractivity contribution in [1.29, 1.82) is 0 Å². The number of carbonyl (C=O) groups excluding carboxylic acids is 1. The van der Waals surface area contributed by atoms with Crippen LogP contribution in [-0.4, -0.2) is 21.6 Å². The van der Waals surface area contributed by atoms with Gasteiger partial charge >= 0.3 is 5.97 Å². The van der Waals surface area contributed by atoms with E-state index in [1.807, 2.05) is 0 Å². The van der Waals surface area contributed by atoms with Crippen LogP contribution < -0.4 is 4.80 Å². The third-order valence-corrected chi connectivity index (χ3v) is 5.11. The molecule has 3 rings (SSSR count). The highest BCUT2D eigenvalue weighted by Gasteiger charge is 2.22. The molecular formula is C18H14ClFN2O3S. The van der Waals surface area contributed by atoms with Gasteiger partial charge in [-0.25, -0.2) is 9.18 Å². The van der Waals surface area contributed by atoms with Crippen molar-refractivity contribution in [2.24, 2.45) is 4.99 Å². The number of rotatable bonds is 4. The number of nitrogens with zero attached hydrogens (tertiary/aromatic N) is 2. The molecule has 5 nitrogen and oxygen atoms in total. The quantitative estimate of drug-likeness (QED) is 0.720. The minimum Gasteiger partial charge on any atom is -0.480 e. The zero-order valence-electron chi connectivity index (χ0n) is 13.6. The summed E-state index contributed by atoms with van der Waals surface area (Å²) in [7, 11) is 0. The highest BCUT2D eigenvalue weighted by atomic mass is 35.5. The Morgan fingerprint density at radius 3 is 2.73 bits per heavy atom. The Bertz CT molecular complexity index is 1070. The molecule has 0 saturated heterocycles. The largest absolute Gasteiger partial charge is 0.480 e. The fourth-order valence-electron chi connectivity index (χ4n) is 2.63. The maximum Gasteiger partial charge on any atom is 0.326 e. The van der Waals surface area contributed by atoms with E-state index in [0.717, 1.165) is 11.3 Å². The highest BCUT2D eigenvalue weighted by Crippen LogP contribution is 2.24. The molecule has 8 heteroatoms. The molecule has 0 radical (unpaired) electrons. The number of hydrogen-bond acceptors (Lipinski definition) is 3. The van der Waals surface area contributed by atoms with Crippen molar-refractivity contribution in [3.63, 3.8) is 0 Å². The standard InChI is InChI=1S/C18H14ClFN2O3S/c1-2-13(17(24)25)22-14-9-12(20)6-7-15(14)26-18(22)21-16(23)10-4-3-5-11(19)8-10/h3-9,13H,2H2,1H3,(H,24,25). The number of aromatic nitrogens is 1. The minimum absolute atomic E-state index is 0.199. The van der Waals surface area contributed by atoms with Gasteiger partial charge in [0.1, 0.15) is 11.9 Å². The number of fused-ring (bicyclic) bond motifs is 1. The summed E-state index contributed by atoms with van der Waals surface area (Å²) in [6.45, 7) is 1.71. The van der Waals surface area contributed by atoms with Crippen LogP contribution in [-0.2, 0) is 4.79 Å². The van der Waals surface area contributed by atoms with E-state index in [-0.39, 0.29) is 16.8 Å². The van der Waals surface area contributed by atoms with E-state index in [9.17, 15) is 19.1 Å². The molecule has 26 heavy (non-hydrogen) atoms. The molecule has 0 fully saturated rings. The predicted molar refractivity (Wildman–Crippen MR) is 98.1 cm³/mol. The van der Waals surface area contributed by atoms with Crippen LogP contribution in [0.5, 0.6) is 0 Å². The first kappa shape index (κ1) is 18.3. The lowest BCUT2D eigenvalue weighted by atomic mass is 10.2. The number of carboxylic acid groups (broad SMARTS) is 1. The molecule has 2 aromatic carbocycles. The van der Waals surface area contributed by atoms with E-state index in [4.69, 9.17) is 11.6 Å². The second-order valence-electron chi connectivity index (χ2n) is 5.56. The summed E-state index contributed by atoms with van der Waals surface area (Å²) < 4.78 is 15.7. The van der Waals surface area contributed by atoms with E-state index >= 15 is 0 Å². The average Bonchev–Trinajstić information content (AvgIpc) is 2.93. The monoisotopic (exact) mass is 392 g/mol. The number of aliphatic carboxylic acids is 1. The molecule has 0 aliphatic heterocycles. The van der Waals surface area contributed by atoms with Crippen LogP contribution in [0.25, 0.3) is 10.2 Å². The highest BCUT2D eigenvalue weighted by molar-refractivity contribution is 7.16. The zero-order chi connectivity index (χ0) is 18.8. The summed E-state index contributed by atoms with van der Waals surface area (Å²) in [4.78, 5) is 28.4. The van der Waals surface area contributed by atoms with Crippen molar-refractivity contribution >= 4 is 45.0 Å². The SMILES string of the molecule is CCC(C(=O)O)n1c(=NC(=O)c2cccc(Cl)c2)sc2ccc(F)cc21.